The van der Waals surface area contributed by atoms with E-state index in [9.17, 15) is 9.59 Å². The predicted molar refractivity (Wildman–Crippen MR) is 93.2 cm³/mol. The SMILES string of the molecule is CC(Cl)=CCn1c(NCC(C)C)nc2c1c(=O)n(C)c(=O)n2C. The van der Waals surface area contributed by atoms with E-state index >= 15 is 0 Å². The number of halogens is 1. The van der Waals surface area contributed by atoms with Gasteiger partial charge >= 0.3 is 5.69 Å². The van der Waals surface area contributed by atoms with Crippen molar-refractivity contribution in [3.63, 3.8) is 0 Å². The quantitative estimate of drug-likeness (QED) is 0.898. The van der Waals surface area contributed by atoms with E-state index in [0.29, 0.717) is 41.2 Å². The van der Waals surface area contributed by atoms with E-state index in [1.165, 1.54) is 11.6 Å². The van der Waals surface area contributed by atoms with E-state index in [0.717, 1.165) is 4.57 Å². The first-order valence-corrected chi connectivity index (χ1v) is 7.84. The first-order chi connectivity index (χ1) is 10.7. The lowest BCUT2D eigenvalue weighted by molar-refractivity contribution is 0.678. The van der Waals surface area contributed by atoms with Crippen molar-refractivity contribution in [3.05, 3.63) is 31.9 Å². The number of aryl methyl sites for hydroxylation is 1. The molecule has 0 aliphatic rings. The van der Waals surface area contributed by atoms with Crippen LogP contribution in [0.4, 0.5) is 5.95 Å². The Bertz CT molecular complexity index is 869. The zero-order chi connectivity index (χ0) is 17.3. The topological polar surface area (TPSA) is 73.8 Å². The minimum absolute atomic E-state index is 0.366. The van der Waals surface area contributed by atoms with Crippen LogP contribution in [0.5, 0.6) is 0 Å². The molecule has 0 unspecified atom stereocenters. The van der Waals surface area contributed by atoms with Crippen molar-refractivity contribution in [1.82, 2.24) is 18.7 Å². The monoisotopic (exact) mass is 339 g/mol. The number of nitrogens with zero attached hydrogens (tertiary/aromatic N) is 4. The van der Waals surface area contributed by atoms with Crippen LogP contribution in [-0.2, 0) is 20.6 Å². The molecule has 0 aromatic carbocycles. The van der Waals surface area contributed by atoms with Crippen LogP contribution in [0.15, 0.2) is 20.7 Å². The maximum absolute atomic E-state index is 12.5. The Hall–Kier alpha value is -2.02. The molecule has 0 saturated heterocycles. The highest BCUT2D eigenvalue weighted by Crippen LogP contribution is 2.17. The van der Waals surface area contributed by atoms with Crippen molar-refractivity contribution in [2.24, 2.45) is 20.0 Å². The summed E-state index contributed by atoms with van der Waals surface area (Å²) in [4.78, 5) is 29.1. The van der Waals surface area contributed by atoms with Gasteiger partial charge in [0.25, 0.3) is 5.56 Å². The summed E-state index contributed by atoms with van der Waals surface area (Å²) in [5.74, 6) is 0.974. The van der Waals surface area contributed by atoms with Crippen LogP contribution in [0, 0.1) is 5.92 Å². The van der Waals surface area contributed by atoms with Crippen LogP contribution in [0.3, 0.4) is 0 Å². The number of anilines is 1. The van der Waals surface area contributed by atoms with Gasteiger partial charge in [0.2, 0.25) is 5.95 Å². The standard InChI is InChI=1S/C15H22ClN5O2/c1-9(2)8-17-14-18-12-11(21(14)7-6-10(3)16)13(22)20(5)15(23)19(12)4/h6,9H,7-8H2,1-5H3,(H,17,18). The highest BCUT2D eigenvalue weighted by molar-refractivity contribution is 6.29. The van der Waals surface area contributed by atoms with E-state index in [2.05, 4.69) is 24.1 Å². The highest BCUT2D eigenvalue weighted by atomic mass is 35.5. The van der Waals surface area contributed by atoms with Gasteiger partial charge in [-0.15, -0.1) is 0 Å². The summed E-state index contributed by atoms with van der Waals surface area (Å²) in [5, 5.41) is 3.86. The lowest BCUT2D eigenvalue weighted by Gasteiger charge is -2.10. The number of nitrogens with one attached hydrogen (secondary N) is 1. The summed E-state index contributed by atoms with van der Waals surface area (Å²) in [5.41, 5.74) is -0.0135. The largest absolute Gasteiger partial charge is 0.355 e. The minimum Gasteiger partial charge on any atom is -0.355 e. The van der Waals surface area contributed by atoms with E-state index < -0.39 is 5.69 Å². The van der Waals surface area contributed by atoms with Crippen LogP contribution in [0.2, 0.25) is 0 Å². The zero-order valence-corrected chi connectivity index (χ0v) is 14.8. The number of allylic oxidation sites excluding steroid dienone is 2. The molecule has 2 rings (SSSR count). The molecule has 2 aromatic heterocycles. The fourth-order valence-electron chi connectivity index (χ4n) is 2.27. The summed E-state index contributed by atoms with van der Waals surface area (Å²) in [6.45, 7) is 7.05. The van der Waals surface area contributed by atoms with Crippen molar-refractivity contribution < 1.29 is 0 Å². The molecule has 0 fully saturated rings. The minimum atomic E-state index is -0.397. The van der Waals surface area contributed by atoms with Crippen LogP contribution >= 0.6 is 11.6 Å². The first kappa shape index (κ1) is 17.3. The van der Waals surface area contributed by atoms with Gasteiger partial charge in [0.15, 0.2) is 11.2 Å². The number of fused-ring (bicyclic) bond motifs is 1. The van der Waals surface area contributed by atoms with Crippen molar-refractivity contribution >= 4 is 28.7 Å². The molecule has 7 nitrogen and oxygen atoms in total. The van der Waals surface area contributed by atoms with Crippen molar-refractivity contribution in [3.8, 4) is 0 Å². The Kier molecular flexibility index (Phi) is 4.99. The fraction of sp³-hybridized carbons (Fsp3) is 0.533. The third kappa shape index (κ3) is 3.34. The van der Waals surface area contributed by atoms with Gasteiger partial charge in [-0.1, -0.05) is 31.5 Å². The van der Waals surface area contributed by atoms with Crippen molar-refractivity contribution in [2.45, 2.75) is 27.3 Å². The second kappa shape index (κ2) is 6.62. The fourth-order valence-corrected chi connectivity index (χ4v) is 2.34. The van der Waals surface area contributed by atoms with E-state index in [1.807, 2.05) is 0 Å². The Morgan fingerprint density at radius 1 is 1.30 bits per heavy atom. The van der Waals surface area contributed by atoms with E-state index in [4.69, 9.17) is 11.6 Å². The zero-order valence-electron chi connectivity index (χ0n) is 14.1. The lowest BCUT2D eigenvalue weighted by atomic mass is 10.2. The molecular formula is C15H22ClN5O2. The second-order valence-electron chi connectivity index (χ2n) is 5.99. The molecule has 126 valence electrons. The van der Waals surface area contributed by atoms with Gasteiger partial charge in [0.1, 0.15) is 0 Å². The molecule has 2 heterocycles. The van der Waals surface area contributed by atoms with Gasteiger partial charge in [0.05, 0.1) is 0 Å². The molecule has 0 bridgehead atoms. The normalized spacial score (nSPS) is 12.4. The molecule has 0 spiro atoms. The Morgan fingerprint density at radius 2 is 1.96 bits per heavy atom. The van der Waals surface area contributed by atoms with Crippen LogP contribution in [-0.4, -0.2) is 25.2 Å². The molecule has 0 radical (unpaired) electrons. The van der Waals surface area contributed by atoms with Crippen LogP contribution in [0.1, 0.15) is 20.8 Å². The van der Waals surface area contributed by atoms with Crippen LogP contribution < -0.4 is 16.6 Å². The average Bonchev–Trinajstić information content (AvgIpc) is 2.85. The maximum Gasteiger partial charge on any atom is 0.332 e. The van der Waals surface area contributed by atoms with Crippen LogP contribution in [0.25, 0.3) is 11.2 Å². The molecule has 0 saturated carbocycles. The molecule has 0 aliphatic heterocycles. The lowest BCUT2D eigenvalue weighted by Crippen LogP contribution is -2.37. The smallest absolute Gasteiger partial charge is 0.332 e. The molecule has 2 aromatic rings. The van der Waals surface area contributed by atoms with Crippen molar-refractivity contribution in [2.75, 3.05) is 11.9 Å². The number of imidazole rings is 1. The molecule has 1 N–H and O–H groups in total. The Balaban J connectivity index is 2.74. The summed E-state index contributed by atoms with van der Waals surface area (Å²) in [7, 11) is 3.07. The van der Waals surface area contributed by atoms with Gasteiger partial charge < -0.3 is 9.88 Å². The Morgan fingerprint density at radius 3 is 2.52 bits per heavy atom. The third-order valence-electron chi connectivity index (χ3n) is 3.57. The summed E-state index contributed by atoms with van der Waals surface area (Å²) in [6, 6.07) is 0. The molecule has 0 aliphatic carbocycles. The highest BCUT2D eigenvalue weighted by Gasteiger charge is 2.18. The van der Waals surface area contributed by atoms with Gasteiger partial charge in [0, 0.05) is 32.2 Å². The van der Waals surface area contributed by atoms with Gasteiger partial charge in [-0.05, 0) is 12.8 Å². The number of aromatic nitrogens is 4. The second-order valence-corrected chi connectivity index (χ2v) is 6.59. The number of hydrogen-bond donors (Lipinski definition) is 1. The molecule has 23 heavy (non-hydrogen) atoms. The van der Waals surface area contributed by atoms with Gasteiger partial charge in [-0.25, -0.2) is 4.79 Å². The average molecular weight is 340 g/mol. The molecule has 8 heteroatoms. The van der Waals surface area contributed by atoms with E-state index in [-0.39, 0.29) is 5.56 Å². The third-order valence-corrected chi connectivity index (χ3v) is 3.73. The maximum atomic E-state index is 12.5. The van der Waals surface area contributed by atoms with Gasteiger partial charge in [-0.2, -0.15) is 4.98 Å². The first-order valence-electron chi connectivity index (χ1n) is 7.46. The summed E-state index contributed by atoms with van der Waals surface area (Å²) in [6.07, 6.45) is 1.80. The van der Waals surface area contributed by atoms with E-state index in [1.54, 1.807) is 24.6 Å². The molecule has 0 atom stereocenters. The Labute approximate surface area is 139 Å². The summed E-state index contributed by atoms with van der Waals surface area (Å²) < 4.78 is 4.22. The number of rotatable bonds is 5. The molecular weight excluding hydrogens is 318 g/mol. The summed E-state index contributed by atoms with van der Waals surface area (Å²) >= 11 is 5.92. The number of hydrogen-bond acceptors (Lipinski definition) is 4. The van der Waals surface area contributed by atoms with Crippen molar-refractivity contribution in [1.29, 1.82) is 0 Å². The predicted octanol–water partition coefficient (Wildman–Crippen LogP) is 1.64. The molecule has 0 amide bonds. The van der Waals surface area contributed by atoms with Gasteiger partial charge in [-0.3, -0.25) is 13.9 Å².